The molecular weight excluding hydrogens is 434 g/mol. The highest BCUT2D eigenvalue weighted by Crippen LogP contribution is 2.20. The van der Waals surface area contributed by atoms with Gasteiger partial charge >= 0.3 is 0 Å². The van der Waals surface area contributed by atoms with Crippen LogP contribution in [0.25, 0.3) is 0 Å². The minimum atomic E-state index is -0.730. The number of hydrogen-bond acceptors (Lipinski definition) is 5. The largest absolute Gasteiger partial charge is 0.394 e. The number of carbonyl (C=O) groups excluding carboxylic acids is 3. The first kappa shape index (κ1) is 27.5. The maximum absolute atomic E-state index is 13.2. The van der Waals surface area contributed by atoms with Crippen molar-refractivity contribution < 1.29 is 24.3 Å². The lowest BCUT2D eigenvalue weighted by molar-refractivity contribution is -0.138. The van der Waals surface area contributed by atoms with Crippen molar-refractivity contribution in [3.63, 3.8) is 0 Å². The Labute approximate surface area is 202 Å². The standard InChI is InChI=1S/C26H39N3O5/c1-4-5-7-13-21(16-23(31)28-34-18-20-11-8-6-9-12-20)25(32)27-24(19(2)3)26(33)29-15-10-14-22(29)17-30/h6,8-9,11-13,19,22,24,30H,4-5,7,10,14-18H2,1-3H3,(H,27,32)(H,28,31)/b21-13+/t22-,24-/m0/s1. The van der Waals surface area contributed by atoms with Gasteiger partial charge in [-0.3, -0.25) is 19.2 Å². The number of hydrogen-bond donors (Lipinski definition) is 3. The first-order valence-electron chi connectivity index (χ1n) is 12.2. The zero-order valence-electron chi connectivity index (χ0n) is 20.6. The van der Waals surface area contributed by atoms with E-state index >= 15 is 0 Å². The van der Waals surface area contributed by atoms with Gasteiger partial charge in [-0.05, 0) is 30.7 Å². The van der Waals surface area contributed by atoms with Crippen LogP contribution in [0.15, 0.2) is 42.0 Å². The third-order valence-corrected chi connectivity index (χ3v) is 5.95. The molecule has 3 N–H and O–H groups in total. The van der Waals surface area contributed by atoms with E-state index in [-0.39, 0.29) is 37.5 Å². The van der Waals surface area contributed by atoms with Gasteiger partial charge in [-0.2, -0.15) is 0 Å². The second kappa shape index (κ2) is 14.5. The van der Waals surface area contributed by atoms with Gasteiger partial charge in [0.05, 0.1) is 25.7 Å². The van der Waals surface area contributed by atoms with Gasteiger partial charge in [0.1, 0.15) is 6.04 Å². The third-order valence-electron chi connectivity index (χ3n) is 5.95. The number of aliphatic hydroxyl groups is 1. The number of hydroxylamine groups is 1. The van der Waals surface area contributed by atoms with Gasteiger partial charge in [0.25, 0.3) is 0 Å². The van der Waals surface area contributed by atoms with E-state index in [2.05, 4.69) is 17.7 Å². The number of unbranched alkanes of at least 4 members (excludes halogenated alkanes) is 2. The third kappa shape index (κ3) is 8.57. The molecule has 1 aromatic rings. The van der Waals surface area contributed by atoms with E-state index in [0.717, 1.165) is 31.2 Å². The molecule has 1 saturated heterocycles. The van der Waals surface area contributed by atoms with Crippen LogP contribution in [-0.2, 0) is 25.8 Å². The average molecular weight is 474 g/mol. The molecule has 34 heavy (non-hydrogen) atoms. The number of rotatable bonds is 13. The molecule has 1 aliphatic rings. The molecule has 0 bridgehead atoms. The molecule has 0 aliphatic carbocycles. The minimum absolute atomic E-state index is 0.0875. The number of carbonyl (C=O) groups is 3. The quantitative estimate of drug-likeness (QED) is 0.232. The van der Waals surface area contributed by atoms with Crippen molar-refractivity contribution in [1.82, 2.24) is 15.7 Å². The van der Waals surface area contributed by atoms with Crippen molar-refractivity contribution in [3.8, 4) is 0 Å². The molecule has 2 atom stereocenters. The maximum Gasteiger partial charge on any atom is 0.248 e. The van der Waals surface area contributed by atoms with Gasteiger partial charge in [-0.25, -0.2) is 5.48 Å². The Kier molecular flexibility index (Phi) is 11.8. The van der Waals surface area contributed by atoms with Gasteiger partial charge in [0.2, 0.25) is 17.7 Å². The number of allylic oxidation sites excluding steroid dienone is 1. The summed E-state index contributed by atoms with van der Waals surface area (Å²) in [5.74, 6) is -1.19. The fraction of sp³-hybridized carbons (Fsp3) is 0.577. The van der Waals surface area contributed by atoms with Crippen LogP contribution in [0.5, 0.6) is 0 Å². The highest BCUT2D eigenvalue weighted by atomic mass is 16.6. The van der Waals surface area contributed by atoms with Gasteiger partial charge in [-0.1, -0.05) is 70.0 Å². The smallest absolute Gasteiger partial charge is 0.248 e. The van der Waals surface area contributed by atoms with Crippen molar-refractivity contribution in [2.45, 2.75) is 78.0 Å². The van der Waals surface area contributed by atoms with Crippen molar-refractivity contribution in [1.29, 1.82) is 0 Å². The summed E-state index contributed by atoms with van der Waals surface area (Å²) < 4.78 is 0. The molecule has 0 aromatic heterocycles. The Morgan fingerprint density at radius 3 is 2.62 bits per heavy atom. The zero-order valence-corrected chi connectivity index (χ0v) is 20.6. The SMILES string of the molecule is CCCC/C=C(\CC(=O)NOCc1ccccc1)C(=O)N[C@H](C(=O)N1CCC[C@H]1CO)C(C)C. The zero-order chi connectivity index (χ0) is 24.9. The summed E-state index contributed by atoms with van der Waals surface area (Å²) in [4.78, 5) is 45.7. The Bertz CT molecular complexity index is 825. The predicted octanol–water partition coefficient (Wildman–Crippen LogP) is 2.87. The van der Waals surface area contributed by atoms with Crippen LogP contribution >= 0.6 is 0 Å². The summed E-state index contributed by atoms with van der Waals surface area (Å²) in [6.07, 6.45) is 5.73. The first-order valence-corrected chi connectivity index (χ1v) is 12.2. The van der Waals surface area contributed by atoms with Crippen LogP contribution < -0.4 is 10.8 Å². The summed E-state index contributed by atoms with van der Waals surface area (Å²) in [7, 11) is 0. The Morgan fingerprint density at radius 2 is 1.97 bits per heavy atom. The molecule has 0 saturated carbocycles. The van der Waals surface area contributed by atoms with Gasteiger partial charge in [-0.15, -0.1) is 0 Å². The number of amides is 3. The number of nitrogens with zero attached hydrogens (tertiary/aromatic N) is 1. The first-order chi connectivity index (χ1) is 16.4. The lowest BCUT2D eigenvalue weighted by atomic mass is 10.0. The molecule has 8 nitrogen and oxygen atoms in total. The molecule has 0 radical (unpaired) electrons. The second-order valence-electron chi connectivity index (χ2n) is 9.05. The van der Waals surface area contributed by atoms with Crippen LogP contribution in [-0.4, -0.2) is 53.0 Å². The summed E-state index contributed by atoms with van der Waals surface area (Å²) in [5, 5.41) is 12.4. The Balaban J connectivity index is 2.01. The second-order valence-corrected chi connectivity index (χ2v) is 9.05. The lowest BCUT2D eigenvalue weighted by Gasteiger charge is -2.30. The van der Waals surface area contributed by atoms with E-state index < -0.39 is 17.9 Å². The highest BCUT2D eigenvalue weighted by molar-refractivity contribution is 6.00. The number of aliphatic hydroxyl groups excluding tert-OH is 1. The van der Waals surface area contributed by atoms with E-state index in [1.54, 1.807) is 11.0 Å². The lowest BCUT2D eigenvalue weighted by Crippen LogP contribution is -2.53. The van der Waals surface area contributed by atoms with Crippen LogP contribution in [0.2, 0.25) is 0 Å². The van der Waals surface area contributed by atoms with Gasteiger partial charge in [0.15, 0.2) is 0 Å². The van der Waals surface area contributed by atoms with E-state index in [0.29, 0.717) is 18.5 Å². The summed E-state index contributed by atoms with van der Waals surface area (Å²) in [5.41, 5.74) is 3.63. The minimum Gasteiger partial charge on any atom is -0.394 e. The maximum atomic E-state index is 13.2. The predicted molar refractivity (Wildman–Crippen MR) is 130 cm³/mol. The summed E-state index contributed by atoms with van der Waals surface area (Å²) in [6.45, 7) is 6.51. The van der Waals surface area contributed by atoms with E-state index in [9.17, 15) is 19.5 Å². The molecule has 0 unspecified atom stereocenters. The molecule has 1 aliphatic heterocycles. The number of nitrogens with one attached hydrogen (secondary N) is 2. The fourth-order valence-corrected chi connectivity index (χ4v) is 3.95. The Hall–Kier alpha value is -2.71. The molecule has 0 spiro atoms. The van der Waals surface area contributed by atoms with Crippen LogP contribution in [0.4, 0.5) is 0 Å². The molecule has 188 valence electrons. The van der Waals surface area contributed by atoms with Gasteiger partial charge < -0.3 is 15.3 Å². The molecule has 8 heteroatoms. The van der Waals surface area contributed by atoms with E-state index in [1.807, 2.05) is 44.2 Å². The van der Waals surface area contributed by atoms with Crippen LogP contribution in [0.1, 0.15) is 64.9 Å². The van der Waals surface area contributed by atoms with Crippen molar-refractivity contribution >= 4 is 17.7 Å². The van der Waals surface area contributed by atoms with E-state index in [1.165, 1.54) is 0 Å². The average Bonchev–Trinajstić information content (AvgIpc) is 3.31. The normalized spacial score (nSPS) is 17.0. The molecule has 1 aromatic carbocycles. The molecule has 1 fully saturated rings. The summed E-state index contributed by atoms with van der Waals surface area (Å²) >= 11 is 0. The van der Waals surface area contributed by atoms with Crippen LogP contribution in [0.3, 0.4) is 0 Å². The van der Waals surface area contributed by atoms with Gasteiger partial charge in [0, 0.05) is 12.1 Å². The molecule has 3 amide bonds. The Morgan fingerprint density at radius 1 is 1.24 bits per heavy atom. The van der Waals surface area contributed by atoms with Crippen LogP contribution in [0, 0.1) is 5.92 Å². The van der Waals surface area contributed by atoms with E-state index in [4.69, 9.17) is 4.84 Å². The van der Waals surface area contributed by atoms with Crippen molar-refractivity contribution in [2.75, 3.05) is 13.2 Å². The molecular formula is C26H39N3O5. The molecule has 2 rings (SSSR count). The molecule has 1 heterocycles. The van der Waals surface area contributed by atoms with Crippen molar-refractivity contribution in [3.05, 3.63) is 47.5 Å². The van der Waals surface area contributed by atoms with Crippen molar-refractivity contribution in [2.24, 2.45) is 5.92 Å². The number of likely N-dealkylation sites (tertiary alicyclic amines) is 1. The fourth-order valence-electron chi connectivity index (χ4n) is 3.95. The topological polar surface area (TPSA) is 108 Å². The number of benzene rings is 1. The monoisotopic (exact) mass is 473 g/mol. The highest BCUT2D eigenvalue weighted by Gasteiger charge is 2.35. The summed E-state index contributed by atoms with van der Waals surface area (Å²) in [6, 6.07) is 8.51.